The molecule has 0 aliphatic carbocycles. The van der Waals surface area contributed by atoms with E-state index < -0.39 is 11.6 Å². The Morgan fingerprint density at radius 2 is 1.77 bits per heavy atom. The van der Waals surface area contributed by atoms with Crippen LogP contribution in [-0.2, 0) is 4.79 Å². The van der Waals surface area contributed by atoms with E-state index in [0.29, 0.717) is 18.9 Å². The second-order valence-corrected chi connectivity index (χ2v) is 7.25. The SMILES string of the molecule is O=C(/C=C/c1cccc(F)c1F)N1CCC(c2ccnc(-c3ccccc3)n2)CC1. The molecule has 152 valence electrons. The topological polar surface area (TPSA) is 46.1 Å². The zero-order chi connectivity index (χ0) is 20.9. The lowest BCUT2D eigenvalue weighted by Crippen LogP contribution is -2.37. The molecule has 4 rings (SSSR count). The summed E-state index contributed by atoms with van der Waals surface area (Å²) in [5.41, 5.74) is 2.02. The molecule has 30 heavy (non-hydrogen) atoms. The molecule has 0 saturated carbocycles. The molecule has 0 bridgehead atoms. The first-order valence-corrected chi connectivity index (χ1v) is 9.91. The van der Waals surface area contributed by atoms with E-state index in [0.717, 1.165) is 30.2 Å². The average Bonchev–Trinajstić information content (AvgIpc) is 2.80. The van der Waals surface area contributed by atoms with Gasteiger partial charge in [0.1, 0.15) is 0 Å². The molecule has 1 aromatic heterocycles. The predicted octanol–water partition coefficient (Wildman–Crippen LogP) is 4.84. The molecular weight excluding hydrogens is 384 g/mol. The Morgan fingerprint density at radius 3 is 2.53 bits per heavy atom. The van der Waals surface area contributed by atoms with Gasteiger partial charge in [-0.1, -0.05) is 42.5 Å². The van der Waals surface area contributed by atoms with Crippen LogP contribution in [0.15, 0.2) is 66.9 Å². The van der Waals surface area contributed by atoms with Gasteiger partial charge >= 0.3 is 0 Å². The quantitative estimate of drug-likeness (QED) is 0.584. The molecule has 0 unspecified atom stereocenters. The first kappa shape index (κ1) is 19.9. The van der Waals surface area contributed by atoms with Gasteiger partial charge in [-0.15, -0.1) is 0 Å². The second kappa shape index (κ2) is 8.95. The maximum atomic E-state index is 13.7. The Kier molecular flexibility index (Phi) is 5.93. The van der Waals surface area contributed by atoms with Crippen LogP contribution >= 0.6 is 0 Å². The van der Waals surface area contributed by atoms with Crippen LogP contribution in [0, 0.1) is 11.6 Å². The molecular formula is C24H21F2N3O. The predicted molar refractivity (Wildman–Crippen MR) is 111 cm³/mol. The first-order valence-electron chi connectivity index (χ1n) is 9.91. The molecule has 0 atom stereocenters. The minimum absolute atomic E-state index is 0.0627. The zero-order valence-corrected chi connectivity index (χ0v) is 16.3. The summed E-state index contributed by atoms with van der Waals surface area (Å²) in [5.74, 6) is -1.12. The maximum Gasteiger partial charge on any atom is 0.246 e. The second-order valence-electron chi connectivity index (χ2n) is 7.25. The Morgan fingerprint density at radius 1 is 1.00 bits per heavy atom. The summed E-state index contributed by atoms with van der Waals surface area (Å²) in [4.78, 5) is 23.3. The van der Waals surface area contributed by atoms with E-state index in [-0.39, 0.29) is 17.4 Å². The van der Waals surface area contributed by atoms with Crippen LogP contribution in [0.2, 0.25) is 0 Å². The summed E-state index contributed by atoms with van der Waals surface area (Å²) in [7, 11) is 0. The number of nitrogens with zero attached hydrogens (tertiary/aromatic N) is 3. The number of likely N-dealkylation sites (tertiary alicyclic amines) is 1. The van der Waals surface area contributed by atoms with Gasteiger partial charge in [-0.25, -0.2) is 18.7 Å². The highest BCUT2D eigenvalue weighted by Gasteiger charge is 2.24. The van der Waals surface area contributed by atoms with Crippen LogP contribution in [0.25, 0.3) is 17.5 Å². The fourth-order valence-electron chi connectivity index (χ4n) is 3.64. The molecule has 4 nitrogen and oxygen atoms in total. The number of piperidine rings is 1. The number of rotatable bonds is 4. The van der Waals surface area contributed by atoms with Gasteiger partial charge in [0.2, 0.25) is 5.91 Å². The van der Waals surface area contributed by atoms with Gasteiger partial charge in [0.05, 0.1) is 0 Å². The van der Waals surface area contributed by atoms with E-state index in [1.54, 1.807) is 11.1 Å². The first-order chi connectivity index (χ1) is 14.6. The van der Waals surface area contributed by atoms with Gasteiger partial charge in [0, 0.05) is 48.1 Å². The molecule has 0 spiro atoms. The highest BCUT2D eigenvalue weighted by molar-refractivity contribution is 5.91. The van der Waals surface area contributed by atoms with E-state index in [9.17, 15) is 13.6 Å². The molecule has 1 aliphatic rings. The number of carbonyl (C=O) groups is 1. The summed E-state index contributed by atoms with van der Waals surface area (Å²) < 4.78 is 27.0. The molecule has 1 saturated heterocycles. The fourth-order valence-corrected chi connectivity index (χ4v) is 3.64. The molecule has 2 heterocycles. The van der Waals surface area contributed by atoms with Crippen molar-refractivity contribution in [3.63, 3.8) is 0 Å². The maximum absolute atomic E-state index is 13.7. The van der Waals surface area contributed by atoms with Crippen LogP contribution in [0.1, 0.15) is 30.0 Å². The molecule has 1 aliphatic heterocycles. The van der Waals surface area contributed by atoms with Crippen molar-refractivity contribution in [2.24, 2.45) is 0 Å². The van der Waals surface area contributed by atoms with Crippen molar-refractivity contribution >= 4 is 12.0 Å². The summed E-state index contributed by atoms with van der Waals surface area (Å²) in [6, 6.07) is 15.7. The third-order valence-electron chi connectivity index (χ3n) is 5.32. The highest BCUT2D eigenvalue weighted by Crippen LogP contribution is 2.28. The lowest BCUT2D eigenvalue weighted by Gasteiger charge is -2.31. The van der Waals surface area contributed by atoms with Gasteiger partial charge in [-0.05, 0) is 31.1 Å². The largest absolute Gasteiger partial charge is 0.339 e. The molecule has 0 radical (unpaired) electrons. The number of aromatic nitrogens is 2. The van der Waals surface area contributed by atoms with E-state index >= 15 is 0 Å². The summed E-state index contributed by atoms with van der Waals surface area (Å²) >= 11 is 0. The van der Waals surface area contributed by atoms with Crippen molar-refractivity contribution < 1.29 is 13.6 Å². The van der Waals surface area contributed by atoms with E-state index in [4.69, 9.17) is 4.98 Å². The van der Waals surface area contributed by atoms with Crippen LogP contribution in [-0.4, -0.2) is 33.9 Å². The van der Waals surface area contributed by atoms with Crippen molar-refractivity contribution in [3.05, 3.63) is 89.8 Å². The number of halogens is 2. The smallest absolute Gasteiger partial charge is 0.246 e. The number of benzene rings is 2. The van der Waals surface area contributed by atoms with Gasteiger partial charge in [0.15, 0.2) is 17.5 Å². The number of hydrogen-bond acceptors (Lipinski definition) is 3. The number of hydrogen-bond donors (Lipinski definition) is 0. The summed E-state index contributed by atoms with van der Waals surface area (Å²) in [5, 5.41) is 0. The van der Waals surface area contributed by atoms with E-state index in [2.05, 4.69) is 4.98 Å². The summed E-state index contributed by atoms with van der Waals surface area (Å²) in [6.07, 6.45) is 5.98. The Bertz CT molecular complexity index is 1060. The molecule has 3 aromatic rings. The average molecular weight is 405 g/mol. The highest BCUT2D eigenvalue weighted by atomic mass is 19.2. The summed E-state index contributed by atoms with van der Waals surface area (Å²) in [6.45, 7) is 1.17. The van der Waals surface area contributed by atoms with Crippen LogP contribution < -0.4 is 0 Å². The van der Waals surface area contributed by atoms with Gasteiger partial charge in [0.25, 0.3) is 0 Å². The molecule has 0 N–H and O–H groups in total. The van der Waals surface area contributed by atoms with E-state index in [1.807, 2.05) is 36.4 Å². The molecule has 6 heteroatoms. The lowest BCUT2D eigenvalue weighted by molar-refractivity contribution is -0.126. The Hall–Kier alpha value is -3.41. The van der Waals surface area contributed by atoms with Crippen molar-refractivity contribution in [3.8, 4) is 11.4 Å². The lowest BCUT2D eigenvalue weighted by atomic mass is 9.93. The molecule has 1 fully saturated rings. The number of amides is 1. The van der Waals surface area contributed by atoms with Crippen molar-refractivity contribution in [1.29, 1.82) is 0 Å². The Labute approximate surface area is 173 Å². The normalized spacial score (nSPS) is 14.9. The van der Waals surface area contributed by atoms with Crippen molar-refractivity contribution in [2.75, 3.05) is 13.1 Å². The van der Waals surface area contributed by atoms with Gasteiger partial charge in [-0.3, -0.25) is 4.79 Å². The van der Waals surface area contributed by atoms with Gasteiger partial charge in [-0.2, -0.15) is 0 Å². The molecule has 2 aromatic carbocycles. The van der Waals surface area contributed by atoms with Gasteiger partial charge < -0.3 is 4.90 Å². The Balaban J connectivity index is 1.39. The number of carbonyl (C=O) groups excluding carboxylic acids is 1. The zero-order valence-electron chi connectivity index (χ0n) is 16.3. The third-order valence-corrected chi connectivity index (χ3v) is 5.32. The van der Waals surface area contributed by atoms with E-state index in [1.165, 1.54) is 24.3 Å². The third kappa shape index (κ3) is 4.43. The minimum Gasteiger partial charge on any atom is -0.339 e. The van der Waals surface area contributed by atoms with Crippen LogP contribution in [0.3, 0.4) is 0 Å². The molecule has 1 amide bonds. The van der Waals surface area contributed by atoms with Crippen LogP contribution in [0.5, 0.6) is 0 Å². The van der Waals surface area contributed by atoms with Crippen molar-refractivity contribution in [1.82, 2.24) is 14.9 Å². The van der Waals surface area contributed by atoms with Crippen molar-refractivity contribution in [2.45, 2.75) is 18.8 Å². The standard InChI is InChI=1S/C24H21F2N3O/c25-20-8-4-7-18(23(20)26)9-10-22(30)29-15-12-17(13-16-29)21-11-14-27-24(28-21)19-5-2-1-3-6-19/h1-11,14,17H,12-13,15-16H2/b10-9+. The minimum atomic E-state index is -0.946. The fraction of sp³-hybridized carbons (Fsp3) is 0.208. The monoisotopic (exact) mass is 405 g/mol. The van der Waals surface area contributed by atoms with Crippen LogP contribution in [0.4, 0.5) is 8.78 Å².